The van der Waals surface area contributed by atoms with Crippen LogP contribution in [-0.2, 0) is 21.4 Å². The highest BCUT2D eigenvalue weighted by Crippen LogP contribution is 2.28. The maximum absolute atomic E-state index is 12.8. The minimum absolute atomic E-state index is 0.103. The van der Waals surface area contributed by atoms with E-state index in [1.807, 2.05) is 30.3 Å². The van der Waals surface area contributed by atoms with Crippen molar-refractivity contribution in [2.75, 3.05) is 26.7 Å². The van der Waals surface area contributed by atoms with E-state index in [0.29, 0.717) is 12.3 Å². The molecule has 1 heterocycles. The highest BCUT2D eigenvalue weighted by Gasteiger charge is 2.32. The molecule has 0 spiro atoms. The lowest BCUT2D eigenvalue weighted by Crippen LogP contribution is -2.42. The first kappa shape index (κ1) is 17.4. The topological polar surface area (TPSA) is 66.9 Å². The fourth-order valence-electron chi connectivity index (χ4n) is 2.68. The standard InChI is InChI=1S/C18H20N2O4S/c1-19(13-15-7-3-2-4-8-15)18(21)14-20-11-12-24-16-9-5-6-10-17(16)25(20,22)23/h2-10H,11-14H2,1H3. The summed E-state index contributed by atoms with van der Waals surface area (Å²) in [6.07, 6.45) is 0. The molecular formula is C18H20N2O4S. The summed E-state index contributed by atoms with van der Waals surface area (Å²) in [5.41, 5.74) is 0.991. The van der Waals surface area contributed by atoms with Gasteiger partial charge in [-0.15, -0.1) is 0 Å². The normalized spacial score (nSPS) is 16.4. The average Bonchev–Trinajstić information content (AvgIpc) is 2.73. The van der Waals surface area contributed by atoms with E-state index in [9.17, 15) is 13.2 Å². The second-order valence-electron chi connectivity index (χ2n) is 5.87. The first-order chi connectivity index (χ1) is 12.0. The molecule has 1 aliphatic rings. The van der Waals surface area contributed by atoms with Crippen LogP contribution in [0.1, 0.15) is 5.56 Å². The van der Waals surface area contributed by atoms with Gasteiger partial charge in [0.1, 0.15) is 17.3 Å². The van der Waals surface area contributed by atoms with Crippen LogP contribution in [0.4, 0.5) is 0 Å². The second-order valence-corrected chi connectivity index (χ2v) is 7.78. The second kappa shape index (κ2) is 7.25. The maximum atomic E-state index is 12.8. The summed E-state index contributed by atoms with van der Waals surface area (Å²) in [7, 11) is -2.09. The van der Waals surface area contributed by atoms with Gasteiger partial charge in [0.2, 0.25) is 15.9 Å². The van der Waals surface area contributed by atoms with Gasteiger partial charge in [0.05, 0.1) is 6.54 Å². The lowest BCUT2D eigenvalue weighted by atomic mass is 10.2. The average molecular weight is 360 g/mol. The molecule has 0 saturated heterocycles. The number of fused-ring (bicyclic) bond motifs is 1. The van der Waals surface area contributed by atoms with Crippen LogP contribution in [0.3, 0.4) is 0 Å². The van der Waals surface area contributed by atoms with Gasteiger partial charge in [-0.05, 0) is 17.7 Å². The molecule has 0 N–H and O–H groups in total. The zero-order valence-electron chi connectivity index (χ0n) is 14.0. The van der Waals surface area contributed by atoms with E-state index in [1.54, 1.807) is 25.2 Å². The molecule has 2 aromatic rings. The van der Waals surface area contributed by atoms with Crippen molar-refractivity contribution in [1.82, 2.24) is 9.21 Å². The van der Waals surface area contributed by atoms with Gasteiger partial charge >= 0.3 is 0 Å². The van der Waals surface area contributed by atoms with Crippen LogP contribution in [-0.4, -0.2) is 50.3 Å². The number of carbonyl (C=O) groups excluding carboxylic acids is 1. The van der Waals surface area contributed by atoms with Crippen LogP contribution in [0.2, 0.25) is 0 Å². The molecule has 0 radical (unpaired) electrons. The van der Waals surface area contributed by atoms with Gasteiger partial charge < -0.3 is 9.64 Å². The van der Waals surface area contributed by atoms with Crippen molar-refractivity contribution in [3.63, 3.8) is 0 Å². The summed E-state index contributed by atoms with van der Waals surface area (Å²) < 4.78 is 32.3. The third-order valence-corrected chi connectivity index (χ3v) is 5.95. The van der Waals surface area contributed by atoms with E-state index in [1.165, 1.54) is 15.3 Å². The highest BCUT2D eigenvalue weighted by atomic mass is 32.2. The van der Waals surface area contributed by atoms with Gasteiger partial charge in [-0.1, -0.05) is 42.5 Å². The number of nitrogens with zero attached hydrogens (tertiary/aromatic N) is 2. The van der Waals surface area contributed by atoms with Crippen molar-refractivity contribution < 1.29 is 17.9 Å². The largest absolute Gasteiger partial charge is 0.491 e. The Labute approximate surface area is 147 Å². The Morgan fingerprint density at radius 2 is 1.80 bits per heavy atom. The minimum atomic E-state index is -3.76. The Morgan fingerprint density at radius 3 is 2.56 bits per heavy atom. The van der Waals surface area contributed by atoms with Gasteiger partial charge in [0.25, 0.3) is 0 Å². The molecule has 0 fully saturated rings. The van der Waals surface area contributed by atoms with Crippen LogP contribution in [0.25, 0.3) is 0 Å². The Hall–Kier alpha value is -2.38. The van der Waals surface area contributed by atoms with Gasteiger partial charge in [0.15, 0.2) is 0 Å². The summed E-state index contributed by atoms with van der Waals surface area (Å²) in [6, 6.07) is 16.1. The highest BCUT2D eigenvalue weighted by molar-refractivity contribution is 7.89. The lowest BCUT2D eigenvalue weighted by molar-refractivity contribution is -0.130. The Morgan fingerprint density at radius 1 is 1.12 bits per heavy atom. The molecule has 25 heavy (non-hydrogen) atoms. The SMILES string of the molecule is CN(Cc1ccccc1)C(=O)CN1CCOc2ccccc2S1(=O)=O. The molecule has 0 bridgehead atoms. The van der Waals surface area contributed by atoms with Crippen molar-refractivity contribution >= 4 is 15.9 Å². The van der Waals surface area contributed by atoms with Crippen LogP contribution in [0, 0.1) is 0 Å². The van der Waals surface area contributed by atoms with Crippen LogP contribution in [0.5, 0.6) is 5.75 Å². The third-order valence-electron chi connectivity index (χ3n) is 4.07. The predicted molar refractivity (Wildman–Crippen MR) is 93.6 cm³/mol. The zero-order valence-corrected chi connectivity index (χ0v) is 14.8. The number of amides is 1. The molecule has 0 unspecified atom stereocenters. The molecule has 0 atom stereocenters. The molecule has 0 aliphatic carbocycles. The van der Waals surface area contributed by atoms with Crippen molar-refractivity contribution in [1.29, 1.82) is 0 Å². The maximum Gasteiger partial charge on any atom is 0.247 e. The van der Waals surface area contributed by atoms with Crippen molar-refractivity contribution in [3.05, 3.63) is 60.2 Å². The summed E-state index contributed by atoms with van der Waals surface area (Å²) in [6.45, 7) is 0.581. The van der Waals surface area contributed by atoms with E-state index in [-0.39, 0.29) is 30.5 Å². The van der Waals surface area contributed by atoms with Crippen molar-refractivity contribution in [3.8, 4) is 5.75 Å². The fraction of sp³-hybridized carbons (Fsp3) is 0.278. The summed E-state index contributed by atoms with van der Waals surface area (Å²) in [5, 5.41) is 0. The van der Waals surface area contributed by atoms with Gasteiger partial charge in [-0.25, -0.2) is 8.42 Å². The smallest absolute Gasteiger partial charge is 0.247 e. The number of rotatable bonds is 4. The summed E-state index contributed by atoms with van der Waals surface area (Å²) in [5.74, 6) is 0.0712. The van der Waals surface area contributed by atoms with E-state index < -0.39 is 10.0 Å². The Balaban J connectivity index is 1.74. The van der Waals surface area contributed by atoms with Crippen LogP contribution in [0.15, 0.2) is 59.5 Å². The van der Waals surface area contributed by atoms with Crippen LogP contribution >= 0.6 is 0 Å². The molecule has 1 amide bonds. The molecule has 132 valence electrons. The van der Waals surface area contributed by atoms with Crippen molar-refractivity contribution in [2.24, 2.45) is 0 Å². The van der Waals surface area contributed by atoms with Crippen LogP contribution < -0.4 is 4.74 Å². The van der Waals surface area contributed by atoms with Gasteiger partial charge in [0, 0.05) is 20.1 Å². The van der Waals surface area contributed by atoms with E-state index >= 15 is 0 Å². The predicted octanol–water partition coefficient (Wildman–Crippen LogP) is 1.73. The van der Waals surface area contributed by atoms with Gasteiger partial charge in [-0.2, -0.15) is 4.31 Å². The van der Waals surface area contributed by atoms with E-state index in [4.69, 9.17) is 4.74 Å². The number of benzene rings is 2. The number of para-hydroxylation sites is 1. The number of carbonyl (C=O) groups is 1. The van der Waals surface area contributed by atoms with E-state index in [2.05, 4.69) is 0 Å². The number of hydrogen-bond acceptors (Lipinski definition) is 4. The molecule has 2 aromatic carbocycles. The van der Waals surface area contributed by atoms with E-state index in [0.717, 1.165) is 5.56 Å². The number of sulfonamides is 1. The first-order valence-electron chi connectivity index (χ1n) is 7.98. The minimum Gasteiger partial charge on any atom is -0.491 e. The molecular weight excluding hydrogens is 340 g/mol. The third kappa shape index (κ3) is 3.83. The number of likely N-dealkylation sites (N-methyl/N-ethyl adjacent to an activating group) is 1. The Kier molecular flexibility index (Phi) is 5.06. The van der Waals surface area contributed by atoms with Crippen molar-refractivity contribution in [2.45, 2.75) is 11.4 Å². The molecule has 6 nitrogen and oxygen atoms in total. The molecule has 0 aromatic heterocycles. The number of hydrogen-bond donors (Lipinski definition) is 0. The lowest BCUT2D eigenvalue weighted by Gasteiger charge is -2.23. The molecule has 1 aliphatic heterocycles. The first-order valence-corrected chi connectivity index (χ1v) is 9.42. The monoisotopic (exact) mass is 360 g/mol. The number of ether oxygens (including phenoxy) is 1. The Bertz CT molecular complexity index is 852. The molecule has 3 rings (SSSR count). The summed E-state index contributed by atoms with van der Waals surface area (Å²) in [4.78, 5) is 14.1. The zero-order chi connectivity index (χ0) is 17.9. The fourth-order valence-corrected chi connectivity index (χ4v) is 4.19. The molecule has 0 saturated carbocycles. The molecule has 7 heteroatoms. The quantitative estimate of drug-likeness (QED) is 0.833. The van der Waals surface area contributed by atoms with Gasteiger partial charge in [-0.3, -0.25) is 4.79 Å². The summed E-state index contributed by atoms with van der Waals surface area (Å²) >= 11 is 0.